The van der Waals surface area contributed by atoms with Gasteiger partial charge in [0.2, 0.25) is 0 Å². The van der Waals surface area contributed by atoms with Crippen LogP contribution in [0.5, 0.6) is 11.5 Å². The lowest BCUT2D eigenvalue weighted by molar-refractivity contribution is -0.132. The molecule has 38 heavy (non-hydrogen) atoms. The highest BCUT2D eigenvalue weighted by atomic mass is 79.9. The molecule has 9 heteroatoms. The summed E-state index contributed by atoms with van der Waals surface area (Å²) in [4.78, 5) is 32.9. The van der Waals surface area contributed by atoms with Crippen LogP contribution in [0.1, 0.15) is 37.4 Å². The third-order valence-corrected chi connectivity index (χ3v) is 7.64. The highest BCUT2D eigenvalue weighted by molar-refractivity contribution is 9.10. The van der Waals surface area contributed by atoms with Crippen molar-refractivity contribution in [3.8, 4) is 11.5 Å². The molecule has 0 bridgehead atoms. The van der Waals surface area contributed by atoms with E-state index in [-0.39, 0.29) is 11.3 Å². The average Bonchev–Trinajstić information content (AvgIpc) is 3.45. The van der Waals surface area contributed by atoms with Crippen molar-refractivity contribution in [1.82, 2.24) is 4.98 Å². The number of thiazole rings is 1. The van der Waals surface area contributed by atoms with Gasteiger partial charge in [0, 0.05) is 10.0 Å². The minimum atomic E-state index is -0.856. The minimum absolute atomic E-state index is 0.00816. The first-order chi connectivity index (χ1) is 18.4. The summed E-state index contributed by atoms with van der Waals surface area (Å²) in [7, 11) is 0. The fourth-order valence-electron chi connectivity index (χ4n) is 4.33. The lowest BCUT2D eigenvalue weighted by atomic mass is 9.95. The lowest BCUT2D eigenvalue weighted by Gasteiger charge is -2.23. The average molecular weight is 593 g/mol. The molecule has 1 aliphatic heterocycles. The monoisotopic (exact) mass is 592 g/mol. The molecule has 1 atom stereocenters. The van der Waals surface area contributed by atoms with Crippen LogP contribution in [0.25, 0.3) is 16.0 Å². The largest absolute Gasteiger partial charge is 0.507 e. The van der Waals surface area contributed by atoms with Crippen LogP contribution in [-0.2, 0) is 9.59 Å². The number of aliphatic hydroxyl groups is 1. The molecular weight excluding hydrogens is 568 g/mol. The van der Waals surface area contributed by atoms with Gasteiger partial charge in [-0.3, -0.25) is 14.5 Å². The number of nitrogens with zero attached hydrogens (tertiary/aromatic N) is 2. The van der Waals surface area contributed by atoms with Gasteiger partial charge in [-0.15, -0.1) is 0 Å². The molecule has 1 fully saturated rings. The van der Waals surface area contributed by atoms with Gasteiger partial charge in [-0.25, -0.2) is 4.98 Å². The highest BCUT2D eigenvalue weighted by Gasteiger charge is 2.48. The Morgan fingerprint density at radius 3 is 2.39 bits per heavy atom. The van der Waals surface area contributed by atoms with Gasteiger partial charge >= 0.3 is 5.91 Å². The van der Waals surface area contributed by atoms with E-state index in [0.29, 0.717) is 46.5 Å². The Kier molecular flexibility index (Phi) is 7.49. The molecule has 1 amide bonds. The maximum absolute atomic E-state index is 13.5. The number of fused-ring (bicyclic) bond motifs is 1. The fourth-order valence-corrected chi connectivity index (χ4v) is 5.61. The van der Waals surface area contributed by atoms with Crippen LogP contribution >= 0.6 is 27.3 Å². The van der Waals surface area contributed by atoms with Crippen LogP contribution < -0.4 is 14.4 Å². The Hall–Kier alpha value is -3.69. The molecule has 2 heterocycles. The molecule has 1 unspecified atom stereocenters. The summed E-state index contributed by atoms with van der Waals surface area (Å²) in [6.45, 7) is 5.03. The van der Waals surface area contributed by atoms with Gasteiger partial charge in [0.1, 0.15) is 17.3 Å². The number of ether oxygens (including phenoxy) is 2. The van der Waals surface area contributed by atoms with E-state index in [0.717, 1.165) is 15.6 Å². The predicted molar refractivity (Wildman–Crippen MR) is 152 cm³/mol. The van der Waals surface area contributed by atoms with Gasteiger partial charge in [0.05, 0.1) is 35.0 Å². The molecule has 1 aliphatic rings. The highest BCUT2D eigenvalue weighted by Crippen LogP contribution is 2.45. The maximum atomic E-state index is 13.5. The molecule has 1 saturated heterocycles. The fraction of sp³-hybridized carbons (Fsp3) is 0.207. The predicted octanol–water partition coefficient (Wildman–Crippen LogP) is 6.87. The number of Topliss-reactive ketones (excluding diaryl/α,β-unsaturated/α-hetero) is 1. The van der Waals surface area contributed by atoms with E-state index in [1.807, 2.05) is 56.3 Å². The summed E-state index contributed by atoms with van der Waals surface area (Å²) in [5, 5.41) is 11.7. The molecular formula is C29H25BrN2O5S. The summed E-state index contributed by atoms with van der Waals surface area (Å²) in [6.07, 6.45) is 0.872. The quantitative estimate of drug-likeness (QED) is 0.136. The molecule has 0 saturated carbocycles. The lowest BCUT2D eigenvalue weighted by Crippen LogP contribution is -2.29. The third-order valence-electron chi connectivity index (χ3n) is 6.10. The van der Waals surface area contributed by atoms with Crippen LogP contribution in [-0.4, -0.2) is 35.0 Å². The summed E-state index contributed by atoms with van der Waals surface area (Å²) < 4.78 is 12.9. The van der Waals surface area contributed by atoms with Gasteiger partial charge in [0.25, 0.3) is 5.78 Å². The van der Waals surface area contributed by atoms with Crippen LogP contribution in [0, 0.1) is 0 Å². The van der Waals surface area contributed by atoms with Crippen molar-refractivity contribution in [2.45, 2.75) is 26.3 Å². The number of benzene rings is 3. The number of hydrogen-bond acceptors (Lipinski definition) is 7. The molecule has 1 aromatic heterocycles. The zero-order valence-corrected chi connectivity index (χ0v) is 23.2. The van der Waals surface area contributed by atoms with Crippen molar-refractivity contribution in [2.75, 3.05) is 18.1 Å². The molecule has 4 aromatic rings. The maximum Gasteiger partial charge on any atom is 0.301 e. The first-order valence-electron chi connectivity index (χ1n) is 12.2. The molecule has 3 aromatic carbocycles. The molecule has 1 N–H and O–H groups in total. The number of aromatic nitrogens is 1. The van der Waals surface area contributed by atoms with Crippen LogP contribution in [0.4, 0.5) is 5.13 Å². The topological polar surface area (TPSA) is 89.0 Å². The number of anilines is 1. The van der Waals surface area contributed by atoms with Crippen LogP contribution in [0.3, 0.4) is 0 Å². The van der Waals surface area contributed by atoms with Crippen molar-refractivity contribution < 1.29 is 24.2 Å². The second-order valence-electron chi connectivity index (χ2n) is 8.65. The molecule has 194 valence electrons. The van der Waals surface area contributed by atoms with E-state index in [9.17, 15) is 14.7 Å². The normalized spacial score (nSPS) is 16.8. The van der Waals surface area contributed by atoms with Crippen molar-refractivity contribution in [3.63, 3.8) is 0 Å². The first kappa shape index (κ1) is 25.9. The van der Waals surface area contributed by atoms with E-state index in [2.05, 4.69) is 20.9 Å². The second-order valence-corrected chi connectivity index (χ2v) is 10.6. The van der Waals surface area contributed by atoms with Crippen LogP contribution in [0.2, 0.25) is 0 Å². The smallest absolute Gasteiger partial charge is 0.301 e. The Labute approximate surface area is 232 Å². The SMILES string of the molecule is CCCOc1ccc(C(O)=C2C(=O)C(=O)N(c3nc4ccc(OCC)cc4s3)C2c2ccc(Br)cc2)cc1. The third kappa shape index (κ3) is 4.91. The second kappa shape index (κ2) is 11.0. The van der Waals surface area contributed by atoms with E-state index < -0.39 is 17.7 Å². The number of hydrogen-bond donors (Lipinski definition) is 1. The number of ketones is 1. The van der Waals surface area contributed by atoms with Crippen LogP contribution in [0.15, 0.2) is 76.8 Å². The Bertz CT molecular complexity index is 1530. The summed E-state index contributed by atoms with van der Waals surface area (Å²) in [6, 6.07) is 18.8. The minimum Gasteiger partial charge on any atom is -0.507 e. The van der Waals surface area contributed by atoms with Crippen molar-refractivity contribution in [1.29, 1.82) is 0 Å². The van der Waals surface area contributed by atoms with Gasteiger partial charge in [0.15, 0.2) is 5.13 Å². The van der Waals surface area contributed by atoms with E-state index in [1.54, 1.807) is 24.3 Å². The zero-order chi connectivity index (χ0) is 26.8. The summed E-state index contributed by atoms with van der Waals surface area (Å²) in [5.74, 6) is -0.398. The number of carbonyl (C=O) groups excluding carboxylic acids is 2. The molecule has 0 spiro atoms. The summed E-state index contributed by atoms with van der Waals surface area (Å²) >= 11 is 4.74. The number of rotatable bonds is 8. The Balaban J connectivity index is 1.62. The first-order valence-corrected chi connectivity index (χ1v) is 13.8. The standard InChI is InChI=1S/C29H25BrN2O5S/c1-3-15-37-20-11-7-18(8-12-20)26(33)24-25(17-5-9-19(30)10-6-17)32(28(35)27(24)34)29-31-22-14-13-21(36-4-2)16-23(22)38-29/h5-14,16,25,33H,3-4,15H2,1-2H3. The van der Waals surface area contributed by atoms with E-state index >= 15 is 0 Å². The van der Waals surface area contributed by atoms with Gasteiger partial charge in [-0.1, -0.05) is 46.3 Å². The van der Waals surface area contributed by atoms with Gasteiger partial charge in [-0.2, -0.15) is 0 Å². The van der Waals surface area contributed by atoms with Crippen molar-refractivity contribution >= 4 is 60.1 Å². The number of halogens is 1. The summed E-state index contributed by atoms with van der Waals surface area (Å²) in [5.41, 5.74) is 1.78. The Morgan fingerprint density at radius 1 is 1.00 bits per heavy atom. The Morgan fingerprint density at radius 2 is 1.71 bits per heavy atom. The number of amides is 1. The molecule has 7 nitrogen and oxygen atoms in total. The number of carbonyl (C=O) groups is 2. The number of aliphatic hydroxyl groups excluding tert-OH is 1. The molecule has 0 radical (unpaired) electrons. The van der Waals surface area contributed by atoms with Gasteiger partial charge in [-0.05, 0) is 73.5 Å². The molecule has 5 rings (SSSR count). The van der Waals surface area contributed by atoms with Crippen molar-refractivity contribution in [2.24, 2.45) is 0 Å². The van der Waals surface area contributed by atoms with E-state index in [1.165, 1.54) is 16.2 Å². The van der Waals surface area contributed by atoms with Gasteiger partial charge < -0.3 is 14.6 Å². The van der Waals surface area contributed by atoms with E-state index in [4.69, 9.17) is 9.47 Å². The van der Waals surface area contributed by atoms with Crippen molar-refractivity contribution in [3.05, 3.63) is 87.9 Å². The zero-order valence-electron chi connectivity index (χ0n) is 20.8. The molecule has 0 aliphatic carbocycles.